The summed E-state index contributed by atoms with van der Waals surface area (Å²) in [7, 11) is 0. The summed E-state index contributed by atoms with van der Waals surface area (Å²) in [5, 5.41) is 11.9. The lowest BCUT2D eigenvalue weighted by atomic mass is 10.1. The Kier molecular flexibility index (Phi) is 4.38. The Morgan fingerprint density at radius 1 is 1.60 bits per heavy atom. The van der Waals surface area contributed by atoms with Gasteiger partial charge in [-0.3, -0.25) is 4.79 Å². The van der Waals surface area contributed by atoms with Crippen LogP contribution in [0.5, 0.6) is 0 Å². The number of benzene rings is 1. The molecule has 0 heterocycles. The first-order valence-corrected chi connectivity index (χ1v) is 5.81. The third-order valence-corrected chi connectivity index (χ3v) is 2.89. The van der Waals surface area contributed by atoms with Gasteiger partial charge in [-0.25, -0.2) is 0 Å². The van der Waals surface area contributed by atoms with Crippen molar-refractivity contribution < 1.29 is 9.90 Å². The van der Waals surface area contributed by atoms with E-state index in [1.54, 1.807) is 6.92 Å². The number of hydrogen-bond donors (Lipinski definition) is 2. The van der Waals surface area contributed by atoms with E-state index in [0.717, 1.165) is 14.8 Å². The number of aryl methyl sites for hydroxylation is 1. The normalized spacial score (nSPS) is 12.2. The van der Waals surface area contributed by atoms with E-state index < -0.39 is 5.97 Å². The molecule has 0 radical (unpaired) electrons. The fourth-order valence-corrected chi connectivity index (χ4v) is 1.63. The Morgan fingerprint density at radius 2 is 2.27 bits per heavy atom. The number of carboxylic acids is 1. The minimum absolute atomic E-state index is 0.373. The molecule has 0 spiro atoms. The van der Waals surface area contributed by atoms with Crippen LogP contribution in [0.25, 0.3) is 0 Å². The quantitative estimate of drug-likeness (QED) is 0.839. The van der Waals surface area contributed by atoms with Crippen molar-refractivity contribution in [2.24, 2.45) is 5.92 Å². The predicted molar refractivity (Wildman–Crippen MR) is 69.2 cm³/mol. The lowest BCUT2D eigenvalue weighted by molar-refractivity contribution is -0.140. The van der Waals surface area contributed by atoms with Crippen molar-refractivity contribution in [3.63, 3.8) is 0 Å². The average Bonchev–Trinajstić information content (AvgIpc) is 2.18. The second-order valence-corrected chi connectivity index (χ2v) is 4.83. The second kappa shape index (κ2) is 5.34. The standard InChI is InChI=1S/C11H14INO2/c1-7-3-4-9(12)5-10(7)13-6-8(2)11(14)15/h3-5,8,13H,6H2,1-2H3,(H,14,15). The molecule has 0 aromatic heterocycles. The zero-order valence-corrected chi connectivity index (χ0v) is 10.9. The number of rotatable bonds is 4. The number of aliphatic carboxylic acids is 1. The Hall–Kier alpha value is -0.780. The van der Waals surface area contributed by atoms with Crippen LogP contribution >= 0.6 is 22.6 Å². The topological polar surface area (TPSA) is 49.3 Å². The van der Waals surface area contributed by atoms with Crippen molar-refractivity contribution in [2.75, 3.05) is 11.9 Å². The number of anilines is 1. The summed E-state index contributed by atoms with van der Waals surface area (Å²) in [6, 6.07) is 6.07. The van der Waals surface area contributed by atoms with Crippen molar-refractivity contribution in [1.82, 2.24) is 0 Å². The molecule has 0 saturated heterocycles. The minimum Gasteiger partial charge on any atom is -0.481 e. The van der Waals surface area contributed by atoms with Crippen molar-refractivity contribution in [3.8, 4) is 0 Å². The molecule has 0 amide bonds. The largest absolute Gasteiger partial charge is 0.481 e. The van der Waals surface area contributed by atoms with Gasteiger partial charge in [0.15, 0.2) is 0 Å². The highest BCUT2D eigenvalue weighted by Crippen LogP contribution is 2.18. The molecule has 1 aromatic rings. The maximum atomic E-state index is 10.6. The zero-order chi connectivity index (χ0) is 11.4. The molecule has 1 unspecified atom stereocenters. The molecule has 4 heteroatoms. The van der Waals surface area contributed by atoms with Crippen LogP contribution in [0.1, 0.15) is 12.5 Å². The van der Waals surface area contributed by atoms with E-state index in [1.165, 1.54) is 0 Å². The summed E-state index contributed by atoms with van der Waals surface area (Å²) >= 11 is 2.24. The van der Waals surface area contributed by atoms with E-state index in [9.17, 15) is 4.79 Å². The van der Waals surface area contributed by atoms with Crippen molar-refractivity contribution in [2.45, 2.75) is 13.8 Å². The molecular weight excluding hydrogens is 305 g/mol. The summed E-state index contributed by atoms with van der Waals surface area (Å²) in [5.74, 6) is -1.15. The molecule has 0 aliphatic rings. The van der Waals surface area contributed by atoms with E-state index in [2.05, 4.69) is 27.9 Å². The van der Waals surface area contributed by atoms with E-state index >= 15 is 0 Å². The Balaban J connectivity index is 2.65. The minimum atomic E-state index is -0.772. The van der Waals surface area contributed by atoms with Crippen LogP contribution in [-0.2, 0) is 4.79 Å². The van der Waals surface area contributed by atoms with Gasteiger partial charge in [-0.2, -0.15) is 0 Å². The highest BCUT2D eigenvalue weighted by Gasteiger charge is 2.10. The molecule has 82 valence electrons. The summed E-state index contributed by atoms with van der Waals surface area (Å²) < 4.78 is 1.14. The smallest absolute Gasteiger partial charge is 0.308 e. The molecule has 3 nitrogen and oxygen atoms in total. The molecular formula is C11H14INO2. The first kappa shape index (κ1) is 12.3. The van der Waals surface area contributed by atoms with E-state index in [-0.39, 0.29) is 5.92 Å². The van der Waals surface area contributed by atoms with Gasteiger partial charge in [0.05, 0.1) is 5.92 Å². The summed E-state index contributed by atoms with van der Waals surface area (Å²) in [4.78, 5) is 10.6. The maximum Gasteiger partial charge on any atom is 0.308 e. The van der Waals surface area contributed by atoms with Crippen LogP contribution in [0, 0.1) is 16.4 Å². The van der Waals surface area contributed by atoms with Gasteiger partial charge >= 0.3 is 5.97 Å². The zero-order valence-electron chi connectivity index (χ0n) is 8.75. The number of carbonyl (C=O) groups is 1. The van der Waals surface area contributed by atoms with Gasteiger partial charge in [-0.1, -0.05) is 13.0 Å². The van der Waals surface area contributed by atoms with E-state index in [0.29, 0.717) is 6.54 Å². The lowest BCUT2D eigenvalue weighted by Crippen LogP contribution is -2.19. The number of carboxylic acid groups (broad SMARTS) is 1. The summed E-state index contributed by atoms with van der Waals surface area (Å²) in [6.07, 6.45) is 0. The van der Waals surface area contributed by atoms with Gasteiger partial charge in [-0.05, 0) is 47.2 Å². The van der Waals surface area contributed by atoms with Crippen LogP contribution < -0.4 is 5.32 Å². The molecule has 0 bridgehead atoms. The molecule has 1 rings (SSSR count). The molecule has 15 heavy (non-hydrogen) atoms. The highest BCUT2D eigenvalue weighted by molar-refractivity contribution is 14.1. The Bertz CT molecular complexity index is 366. The predicted octanol–water partition coefficient (Wildman–Crippen LogP) is 2.73. The number of halogens is 1. The van der Waals surface area contributed by atoms with Crippen LogP contribution in [0.4, 0.5) is 5.69 Å². The van der Waals surface area contributed by atoms with Gasteiger partial charge in [0, 0.05) is 15.8 Å². The molecule has 2 N–H and O–H groups in total. The lowest BCUT2D eigenvalue weighted by Gasteiger charge is -2.12. The average molecular weight is 319 g/mol. The maximum absolute atomic E-state index is 10.6. The third kappa shape index (κ3) is 3.70. The van der Waals surface area contributed by atoms with Crippen LogP contribution in [0.2, 0.25) is 0 Å². The summed E-state index contributed by atoms with van der Waals surface area (Å²) in [6.45, 7) is 4.15. The molecule has 0 fully saturated rings. The van der Waals surface area contributed by atoms with Crippen LogP contribution in [0.3, 0.4) is 0 Å². The highest BCUT2D eigenvalue weighted by atomic mass is 127. The molecule has 0 aliphatic carbocycles. The SMILES string of the molecule is Cc1ccc(I)cc1NCC(C)C(=O)O. The van der Waals surface area contributed by atoms with Gasteiger partial charge in [-0.15, -0.1) is 0 Å². The Morgan fingerprint density at radius 3 is 2.87 bits per heavy atom. The first-order valence-electron chi connectivity index (χ1n) is 4.73. The number of hydrogen-bond acceptors (Lipinski definition) is 2. The fourth-order valence-electron chi connectivity index (χ4n) is 1.14. The first-order chi connectivity index (χ1) is 7.00. The van der Waals surface area contributed by atoms with Gasteiger partial charge < -0.3 is 10.4 Å². The third-order valence-electron chi connectivity index (χ3n) is 2.22. The summed E-state index contributed by atoms with van der Waals surface area (Å²) in [5.41, 5.74) is 2.14. The van der Waals surface area contributed by atoms with E-state index in [1.807, 2.05) is 25.1 Å². The van der Waals surface area contributed by atoms with Gasteiger partial charge in [0.2, 0.25) is 0 Å². The van der Waals surface area contributed by atoms with Crippen molar-refractivity contribution >= 4 is 34.2 Å². The molecule has 0 saturated carbocycles. The molecule has 1 atom stereocenters. The number of nitrogens with one attached hydrogen (secondary N) is 1. The van der Waals surface area contributed by atoms with Gasteiger partial charge in [0.25, 0.3) is 0 Å². The van der Waals surface area contributed by atoms with Gasteiger partial charge in [0.1, 0.15) is 0 Å². The fraction of sp³-hybridized carbons (Fsp3) is 0.364. The van der Waals surface area contributed by atoms with Crippen molar-refractivity contribution in [1.29, 1.82) is 0 Å². The van der Waals surface area contributed by atoms with Crippen LogP contribution in [0.15, 0.2) is 18.2 Å². The Labute approximate surface area is 103 Å². The van der Waals surface area contributed by atoms with Crippen molar-refractivity contribution in [3.05, 3.63) is 27.3 Å². The second-order valence-electron chi connectivity index (χ2n) is 3.58. The molecule has 1 aromatic carbocycles. The molecule has 0 aliphatic heterocycles. The van der Waals surface area contributed by atoms with Crippen LogP contribution in [-0.4, -0.2) is 17.6 Å². The monoisotopic (exact) mass is 319 g/mol. The van der Waals surface area contributed by atoms with E-state index in [4.69, 9.17) is 5.11 Å².